The zero-order valence-corrected chi connectivity index (χ0v) is 16.4. The summed E-state index contributed by atoms with van der Waals surface area (Å²) in [7, 11) is 3.94. The molecule has 0 aromatic rings. The van der Waals surface area contributed by atoms with Crippen molar-refractivity contribution in [2.45, 2.75) is 51.6 Å². The van der Waals surface area contributed by atoms with E-state index in [-0.39, 0.29) is 24.7 Å². The van der Waals surface area contributed by atoms with E-state index in [1.807, 2.05) is 24.5 Å². The lowest BCUT2D eigenvalue weighted by Gasteiger charge is -2.23. The standard InChI is InChI=1S/C18H34N4O4/c1-6-9-14(23)12-19-17(24)15(10-7-8-11-22(4)5)20-18(25)16(21-26)13(2)3/h6,13,15-16,21,26H,1,7-12H2,2-5H3,(H,19,24)(H,20,25)/t15-,16-/m0/s1. The van der Waals surface area contributed by atoms with Crippen LogP contribution in [0.5, 0.6) is 0 Å². The molecule has 0 aliphatic heterocycles. The van der Waals surface area contributed by atoms with Crippen LogP contribution in [0, 0.1) is 5.92 Å². The Bertz CT molecular complexity index is 466. The summed E-state index contributed by atoms with van der Waals surface area (Å²) in [5.41, 5.74) is 1.98. The molecule has 0 aliphatic carbocycles. The number of ketones is 1. The molecule has 0 bridgehead atoms. The van der Waals surface area contributed by atoms with Crippen molar-refractivity contribution < 1.29 is 19.6 Å². The number of nitrogens with one attached hydrogen (secondary N) is 3. The Hall–Kier alpha value is -1.77. The molecule has 2 amide bonds. The van der Waals surface area contributed by atoms with E-state index in [2.05, 4.69) is 17.2 Å². The van der Waals surface area contributed by atoms with Gasteiger partial charge < -0.3 is 20.7 Å². The molecule has 0 saturated heterocycles. The normalized spacial score (nSPS) is 13.3. The Kier molecular flexibility index (Phi) is 12.5. The number of nitrogens with zero attached hydrogens (tertiary/aromatic N) is 1. The van der Waals surface area contributed by atoms with Crippen LogP contribution in [-0.4, -0.2) is 67.0 Å². The van der Waals surface area contributed by atoms with Crippen LogP contribution in [0.2, 0.25) is 0 Å². The van der Waals surface area contributed by atoms with Crippen molar-refractivity contribution in [2.24, 2.45) is 5.92 Å². The van der Waals surface area contributed by atoms with Gasteiger partial charge in [0.25, 0.3) is 0 Å². The maximum absolute atomic E-state index is 12.4. The number of amides is 2. The largest absolute Gasteiger partial charge is 0.347 e. The highest BCUT2D eigenvalue weighted by Gasteiger charge is 2.27. The van der Waals surface area contributed by atoms with Gasteiger partial charge in [-0.1, -0.05) is 19.9 Å². The third kappa shape index (κ3) is 10.3. The van der Waals surface area contributed by atoms with Crippen molar-refractivity contribution in [3.8, 4) is 0 Å². The number of Topliss-reactive ketones (excluding diaryl/α,β-unsaturated/α-hetero) is 1. The molecule has 0 aromatic carbocycles. The minimum atomic E-state index is -0.811. The second-order valence-electron chi connectivity index (χ2n) is 6.96. The van der Waals surface area contributed by atoms with E-state index >= 15 is 0 Å². The lowest BCUT2D eigenvalue weighted by molar-refractivity contribution is -0.133. The Morgan fingerprint density at radius 3 is 2.31 bits per heavy atom. The summed E-state index contributed by atoms with van der Waals surface area (Å²) in [6.07, 6.45) is 3.75. The predicted molar refractivity (Wildman–Crippen MR) is 101 cm³/mol. The van der Waals surface area contributed by atoms with E-state index in [9.17, 15) is 14.4 Å². The summed E-state index contributed by atoms with van der Waals surface area (Å²) in [6, 6.07) is -1.56. The number of hydrogen-bond donors (Lipinski definition) is 4. The molecular formula is C18H34N4O4. The maximum Gasteiger partial charge on any atom is 0.242 e. The van der Waals surface area contributed by atoms with Gasteiger partial charge in [0, 0.05) is 6.42 Å². The van der Waals surface area contributed by atoms with Gasteiger partial charge in [-0.2, -0.15) is 5.48 Å². The highest BCUT2D eigenvalue weighted by Crippen LogP contribution is 2.06. The first-order valence-electron chi connectivity index (χ1n) is 8.97. The topological polar surface area (TPSA) is 111 Å². The molecule has 0 fully saturated rings. The van der Waals surface area contributed by atoms with Gasteiger partial charge in [0.15, 0.2) is 5.78 Å². The lowest BCUT2D eigenvalue weighted by atomic mass is 10.0. The fourth-order valence-corrected chi connectivity index (χ4v) is 2.36. The van der Waals surface area contributed by atoms with Crippen molar-refractivity contribution in [1.82, 2.24) is 21.0 Å². The van der Waals surface area contributed by atoms with Crippen molar-refractivity contribution >= 4 is 17.6 Å². The zero-order valence-electron chi connectivity index (χ0n) is 16.4. The van der Waals surface area contributed by atoms with E-state index in [4.69, 9.17) is 5.21 Å². The Balaban J connectivity index is 4.80. The number of carbonyl (C=O) groups is 3. The van der Waals surface area contributed by atoms with Gasteiger partial charge >= 0.3 is 0 Å². The smallest absolute Gasteiger partial charge is 0.242 e. The number of hydrogen-bond acceptors (Lipinski definition) is 6. The SMILES string of the molecule is C=CCC(=O)CNC(=O)[C@H](CCCCN(C)C)NC(=O)[C@@H](NO)C(C)C. The van der Waals surface area contributed by atoms with Crippen molar-refractivity contribution in [1.29, 1.82) is 0 Å². The summed E-state index contributed by atoms with van der Waals surface area (Å²) in [5.74, 6) is -1.15. The molecule has 0 spiro atoms. The fraction of sp³-hybridized carbons (Fsp3) is 0.722. The van der Waals surface area contributed by atoms with Crippen LogP contribution in [0.25, 0.3) is 0 Å². The summed E-state index contributed by atoms with van der Waals surface area (Å²) in [5, 5.41) is 14.4. The van der Waals surface area contributed by atoms with Gasteiger partial charge in [-0.15, -0.1) is 6.58 Å². The number of hydroxylamine groups is 1. The summed E-state index contributed by atoms with van der Waals surface area (Å²) in [4.78, 5) is 38.3. The number of rotatable bonds is 14. The zero-order chi connectivity index (χ0) is 20.1. The van der Waals surface area contributed by atoms with E-state index < -0.39 is 23.9 Å². The van der Waals surface area contributed by atoms with Crippen LogP contribution in [-0.2, 0) is 14.4 Å². The average Bonchev–Trinajstić information content (AvgIpc) is 2.55. The molecule has 0 aliphatic rings. The number of allylic oxidation sites excluding steroid dienone is 1. The summed E-state index contributed by atoms with van der Waals surface area (Å²) >= 11 is 0. The minimum Gasteiger partial charge on any atom is -0.347 e. The average molecular weight is 370 g/mol. The highest BCUT2D eigenvalue weighted by molar-refractivity contribution is 5.92. The molecular weight excluding hydrogens is 336 g/mol. The van der Waals surface area contributed by atoms with Crippen molar-refractivity contribution in [3.05, 3.63) is 12.7 Å². The van der Waals surface area contributed by atoms with Crippen LogP contribution in [0.1, 0.15) is 39.5 Å². The molecule has 0 heterocycles. The molecule has 4 N–H and O–H groups in total. The Morgan fingerprint density at radius 1 is 1.15 bits per heavy atom. The Morgan fingerprint density at radius 2 is 1.81 bits per heavy atom. The predicted octanol–water partition coefficient (Wildman–Crippen LogP) is 0.468. The van der Waals surface area contributed by atoms with Gasteiger partial charge in [-0.25, -0.2) is 0 Å². The molecule has 26 heavy (non-hydrogen) atoms. The third-order valence-electron chi connectivity index (χ3n) is 3.90. The van der Waals surface area contributed by atoms with Gasteiger partial charge in [0.05, 0.1) is 6.54 Å². The second-order valence-corrected chi connectivity index (χ2v) is 6.96. The molecule has 8 heteroatoms. The monoisotopic (exact) mass is 370 g/mol. The first kappa shape index (κ1) is 24.2. The van der Waals surface area contributed by atoms with Crippen molar-refractivity contribution in [3.63, 3.8) is 0 Å². The number of unbranched alkanes of at least 4 members (excludes halogenated alkanes) is 1. The molecule has 0 saturated carbocycles. The maximum atomic E-state index is 12.4. The van der Waals surface area contributed by atoms with Crippen LogP contribution < -0.4 is 16.1 Å². The Labute approximate surface area is 156 Å². The molecule has 150 valence electrons. The lowest BCUT2D eigenvalue weighted by Crippen LogP contribution is -2.54. The number of carbonyl (C=O) groups excluding carboxylic acids is 3. The molecule has 2 atom stereocenters. The minimum absolute atomic E-state index is 0.0964. The second kappa shape index (κ2) is 13.4. The van der Waals surface area contributed by atoms with Crippen LogP contribution >= 0.6 is 0 Å². The van der Waals surface area contributed by atoms with Gasteiger partial charge in [0.1, 0.15) is 12.1 Å². The summed E-state index contributed by atoms with van der Waals surface area (Å²) in [6.45, 7) is 7.84. The van der Waals surface area contributed by atoms with Crippen LogP contribution in [0.4, 0.5) is 0 Å². The van der Waals surface area contributed by atoms with Crippen LogP contribution in [0.15, 0.2) is 12.7 Å². The summed E-state index contributed by atoms with van der Waals surface area (Å²) < 4.78 is 0. The molecule has 8 nitrogen and oxygen atoms in total. The van der Waals surface area contributed by atoms with Gasteiger partial charge in [-0.3, -0.25) is 14.4 Å². The van der Waals surface area contributed by atoms with Gasteiger partial charge in [0.2, 0.25) is 11.8 Å². The van der Waals surface area contributed by atoms with Crippen molar-refractivity contribution in [2.75, 3.05) is 27.2 Å². The van der Waals surface area contributed by atoms with E-state index in [0.29, 0.717) is 6.42 Å². The van der Waals surface area contributed by atoms with Gasteiger partial charge in [-0.05, 0) is 45.8 Å². The fourth-order valence-electron chi connectivity index (χ4n) is 2.36. The highest BCUT2D eigenvalue weighted by atomic mass is 16.5. The van der Waals surface area contributed by atoms with E-state index in [1.165, 1.54) is 6.08 Å². The molecule has 0 unspecified atom stereocenters. The molecule has 0 rings (SSSR count). The first-order chi connectivity index (χ1) is 12.2. The first-order valence-corrected chi connectivity index (χ1v) is 8.97. The van der Waals surface area contributed by atoms with E-state index in [1.54, 1.807) is 13.8 Å². The quantitative estimate of drug-likeness (QED) is 0.201. The molecule has 0 radical (unpaired) electrons. The van der Waals surface area contributed by atoms with E-state index in [0.717, 1.165) is 19.4 Å². The molecule has 0 aromatic heterocycles. The third-order valence-corrected chi connectivity index (χ3v) is 3.90. The van der Waals surface area contributed by atoms with Crippen LogP contribution in [0.3, 0.4) is 0 Å².